The molecule has 0 saturated heterocycles. The summed E-state index contributed by atoms with van der Waals surface area (Å²) >= 11 is 0. The summed E-state index contributed by atoms with van der Waals surface area (Å²) in [6, 6.07) is 6.15. The van der Waals surface area contributed by atoms with E-state index in [9.17, 15) is 4.39 Å². The zero-order valence-corrected chi connectivity index (χ0v) is 8.81. The summed E-state index contributed by atoms with van der Waals surface area (Å²) in [4.78, 5) is 4.17. The Balaban J connectivity index is 2.61. The van der Waals surface area contributed by atoms with Gasteiger partial charge < -0.3 is 4.57 Å². The summed E-state index contributed by atoms with van der Waals surface area (Å²) in [5.74, 6) is 0.446. The minimum absolute atomic E-state index is 0.313. The first-order chi connectivity index (χ1) is 7.76. The standard InChI is InChI=1S/C12H10FN3/c1-2-12-15-5-6-16(12)11-4-3-10(13)7-9(11)8-14/h3-7H,2H2,1H3. The number of aryl methyl sites for hydroxylation is 1. The highest BCUT2D eigenvalue weighted by molar-refractivity contribution is 5.49. The van der Waals surface area contributed by atoms with E-state index in [2.05, 4.69) is 4.98 Å². The Morgan fingerprint density at radius 2 is 2.31 bits per heavy atom. The number of aromatic nitrogens is 2. The lowest BCUT2D eigenvalue weighted by Crippen LogP contribution is -2.01. The van der Waals surface area contributed by atoms with Crippen LogP contribution in [0.5, 0.6) is 0 Å². The largest absolute Gasteiger partial charge is 0.302 e. The summed E-state index contributed by atoms with van der Waals surface area (Å²) in [6.07, 6.45) is 4.20. The van der Waals surface area contributed by atoms with Gasteiger partial charge in [-0.25, -0.2) is 9.37 Å². The van der Waals surface area contributed by atoms with Crippen LogP contribution < -0.4 is 0 Å². The van der Waals surface area contributed by atoms with Crippen LogP contribution in [0.15, 0.2) is 30.6 Å². The number of imidazole rings is 1. The molecule has 0 N–H and O–H groups in total. The molecule has 3 nitrogen and oxygen atoms in total. The maximum Gasteiger partial charge on any atom is 0.124 e. The van der Waals surface area contributed by atoms with E-state index >= 15 is 0 Å². The molecule has 0 atom stereocenters. The van der Waals surface area contributed by atoms with Crippen molar-refractivity contribution in [3.8, 4) is 11.8 Å². The highest BCUT2D eigenvalue weighted by atomic mass is 19.1. The third kappa shape index (κ3) is 1.68. The van der Waals surface area contributed by atoms with Gasteiger partial charge in [0.05, 0.1) is 11.3 Å². The van der Waals surface area contributed by atoms with E-state index in [0.29, 0.717) is 11.3 Å². The summed E-state index contributed by atoms with van der Waals surface area (Å²) < 4.78 is 14.8. The summed E-state index contributed by atoms with van der Waals surface area (Å²) in [5.41, 5.74) is 0.978. The fourth-order valence-electron chi connectivity index (χ4n) is 1.62. The van der Waals surface area contributed by atoms with E-state index in [1.165, 1.54) is 12.1 Å². The zero-order chi connectivity index (χ0) is 11.5. The van der Waals surface area contributed by atoms with Crippen molar-refractivity contribution in [3.05, 3.63) is 47.8 Å². The van der Waals surface area contributed by atoms with Crippen LogP contribution in [0.25, 0.3) is 5.69 Å². The molecular weight excluding hydrogens is 205 g/mol. The third-order valence-electron chi connectivity index (χ3n) is 2.37. The Hall–Kier alpha value is -2.15. The molecule has 0 aliphatic carbocycles. The first-order valence-corrected chi connectivity index (χ1v) is 4.98. The normalized spacial score (nSPS) is 10.1. The smallest absolute Gasteiger partial charge is 0.124 e. The Morgan fingerprint density at radius 3 is 3.00 bits per heavy atom. The molecule has 0 spiro atoms. The molecule has 16 heavy (non-hydrogen) atoms. The first-order valence-electron chi connectivity index (χ1n) is 4.98. The fraction of sp³-hybridized carbons (Fsp3) is 0.167. The highest BCUT2D eigenvalue weighted by Gasteiger charge is 2.08. The minimum atomic E-state index is -0.404. The molecule has 0 amide bonds. The average Bonchev–Trinajstić information content (AvgIpc) is 2.76. The topological polar surface area (TPSA) is 41.6 Å². The van der Waals surface area contributed by atoms with Crippen LogP contribution in [-0.2, 0) is 6.42 Å². The van der Waals surface area contributed by atoms with E-state index in [4.69, 9.17) is 5.26 Å². The number of benzene rings is 1. The van der Waals surface area contributed by atoms with E-state index in [1.807, 2.05) is 13.0 Å². The Morgan fingerprint density at radius 1 is 1.50 bits per heavy atom. The van der Waals surface area contributed by atoms with Gasteiger partial charge in [0, 0.05) is 18.8 Å². The van der Waals surface area contributed by atoms with Crippen LogP contribution in [0, 0.1) is 17.1 Å². The lowest BCUT2D eigenvalue weighted by molar-refractivity contribution is 0.626. The average molecular weight is 215 g/mol. The molecule has 2 rings (SSSR count). The highest BCUT2D eigenvalue weighted by Crippen LogP contribution is 2.17. The maximum absolute atomic E-state index is 13.0. The van der Waals surface area contributed by atoms with E-state index in [1.54, 1.807) is 23.0 Å². The molecule has 0 radical (unpaired) electrons. The van der Waals surface area contributed by atoms with E-state index < -0.39 is 5.82 Å². The van der Waals surface area contributed by atoms with Gasteiger partial charge in [0.25, 0.3) is 0 Å². The molecule has 1 aromatic heterocycles. The number of nitriles is 1. The van der Waals surface area contributed by atoms with Crippen molar-refractivity contribution < 1.29 is 4.39 Å². The van der Waals surface area contributed by atoms with Crippen molar-refractivity contribution in [2.24, 2.45) is 0 Å². The minimum Gasteiger partial charge on any atom is -0.302 e. The molecule has 1 aromatic carbocycles. The van der Waals surface area contributed by atoms with Crippen LogP contribution in [0.2, 0.25) is 0 Å². The molecule has 1 heterocycles. The Labute approximate surface area is 92.8 Å². The number of hydrogen-bond acceptors (Lipinski definition) is 2. The van der Waals surface area contributed by atoms with Crippen LogP contribution in [0.3, 0.4) is 0 Å². The van der Waals surface area contributed by atoms with Crippen molar-refractivity contribution in [3.63, 3.8) is 0 Å². The molecule has 4 heteroatoms. The number of nitrogens with zero attached hydrogens (tertiary/aromatic N) is 3. The van der Waals surface area contributed by atoms with Gasteiger partial charge in [0.1, 0.15) is 17.7 Å². The van der Waals surface area contributed by atoms with Gasteiger partial charge >= 0.3 is 0 Å². The van der Waals surface area contributed by atoms with E-state index in [0.717, 1.165) is 12.2 Å². The van der Waals surface area contributed by atoms with Crippen LogP contribution >= 0.6 is 0 Å². The van der Waals surface area contributed by atoms with Crippen molar-refractivity contribution in [1.29, 1.82) is 5.26 Å². The molecular formula is C12H10FN3. The second-order valence-electron chi connectivity index (χ2n) is 3.34. The van der Waals surface area contributed by atoms with Crippen molar-refractivity contribution >= 4 is 0 Å². The molecule has 2 aromatic rings. The SMILES string of the molecule is CCc1nccn1-c1ccc(F)cc1C#N. The van der Waals surface area contributed by atoms with Gasteiger partial charge in [-0.15, -0.1) is 0 Å². The summed E-state index contributed by atoms with van der Waals surface area (Å²) in [6.45, 7) is 1.98. The van der Waals surface area contributed by atoms with Gasteiger partial charge in [-0.05, 0) is 18.2 Å². The lowest BCUT2D eigenvalue weighted by Gasteiger charge is -2.08. The number of hydrogen-bond donors (Lipinski definition) is 0. The Kier molecular flexibility index (Phi) is 2.69. The van der Waals surface area contributed by atoms with Gasteiger partial charge in [0.2, 0.25) is 0 Å². The number of halogens is 1. The van der Waals surface area contributed by atoms with Gasteiger partial charge in [-0.1, -0.05) is 6.92 Å². The van der Waals surface area contributed by atoms with Crippen molar-refractivity contribution in [2.45, 2.75) is 13.3 Å². The maximum atomic E-state index is 13.0. The quantitative estimate of drug-likeness (QED) is 0.772. The second kappa shape index (κ2) is 4.15. The molecule has 0 aliphatic heterocycles. The second-order valence-corrected chi connectivity index (χ2v) is 3.34. The van der Waals surface area contributed by atoms with Crippen LogP contribution in [-0.4, -0.2) is 9.55 Å². The Bertz CT molecular complexity index is 552. The van der Waals surface area contributed by atoms with Gasteiger partial charge in [-0.2, -0.15) is 5.26 Å². The van der Waals surface area contributed by atoms with Crippen LogP contribution in [0.4, 0.5) is 4.39 Å². The first kappa shape index (κ1) is 10.4. The summed E-state index contributed by atoms with van der Waals surface area (Å²) in [5, 5.41) is 8.95. The monoisotopic (exact) mass is 215 g/mol. The lowest BCUT2D eigenvalue weighted by atomic mass is 10.2. The van der Waals surface area contributed by atoms with Crippen molar-refractivity contribution in [1.82, 2.24) is 9.55 Å². The molecule has 0 unspecified atom stereocenters. The summed E-state index contributed by atoms with van der Waals surface area (Å²) in [7, 11) is 0. The predicted octanol–water partition coefficient (Wildman–Crippen LogP) is 2.45. The molecule has 0 bridgehead atoms. The van der Waals surface area contributed by atoms with Crippen LogP contribution in [0.1, 0.15) is 18.3 Å². The zero-order valence-electron chi connectivity index (χ0n) is 8.81. The van der Waals surface area contributed by atoms with Gasteiger partial charge in [-0.3, -0.25) is 0 Å². The van der Waals surface area contributed by atoms with Gasteiger partial charge in [0.15, 0.2) is 0 Å². The fourth-order valence-corrected chi connectivity index (χ4v) is 1.62. The van der Waals surface area contributed by atoms with E-state index in [-0.39, 0.29) is 0 Å². The molecule has 0 aliphatic rings. The molecule has 0 saturated carbocycles. The predicted molar refractivity (Wildman–Crippen MR) is 57.6 cm³/mol. The third-order valence-corrected chi connectivity index (χ3v) is 2.37. The van der Waals surface area contributed by atoms with Crippen molar-refractivity contribution in [2.75, 3.05) is 0 Å². The number of rotatable bonds is 2. The molecule has 0 fully saturated rings. The molecule has 80 valence electrons.